The van der Waals surface area contributed by atoms with E-state index in [0.717, 1.165) is 21.6 Å². The van der Waals surface area contributed by atoms with E-state index < -0.39 is 34.9 Å². The molecule has 0 bridgehead atoms. The largest absolute Gasteiger partial charge is 0.506 e. The summed E-state index contributed by atoms with van der Waals surface area (Å²) in [6.45, 7) is 0. The van der Waals surface area contributed by atoms with Crippen molar-refractivity contribution >= 4 is 34.1 Å². The van der Waals surface area contributed by atoms with Gasteiger partial charge in [-0.2, -0.15) is 13.2 Å². The summed E-state index contributed by atoms with van der Waals surface area (Å²) in [7, 11) is 2.78. The molecule has 0 saturated heterocycles. The Morgan fingerprint density at radius 3 is 2.33 bits per heavy atom. The number of halogens is 3. The first-order chi connectivity index (χ1) is 14.0. The lowest BCUT2D eigenvalue weighted by atomic mass is 10.1. The number of amides is 2. The molecule has 0 atom stereocenters. The van der Waals surface area contributed by atoms with Crippen LogP contribution in [0.1, 0.15) is 10.4 Å². The van der Waals surface area contributed by atoms with Crippen LogP contribution in [-0.4, -0.2) is 34.7 Å². The average molecular weight is 419 g/mol. The number of aromatic nitrogens is 1. The molecule has 0 spiro atoms. The van der Waals surface area contributed by atoms with E-state index in [9.17, 15) is 32.7 Å². The number of para-hydroxylation sites is 1. The summed E-state index contributed by atoms with van der Waals surface area (Å²) in [6, 6.07) is 11.9. The summed E-state index contributed by atoms with van der Waals surface area (Å²) < 4.78 is 38.6. The molecule has 156 valence electrons. The number of carbonyl (C=O) groups excluding carboxylic acids is 2. The van der Waals surface area contributed by atoms with Gasteiger partial charge < -0.3 is 19.9 Å². The third-order valence-corrected chi connectivity index (χ3v) is 4.55. The molecule has 1 aromatic heterocycles. The van der Waals surface area contributed by atoms with E-state index in [0.29, 0.717) is 5.69 Å². The molecule has 0 radical (unpaired) electrons. The van der Waals surface area contributed by atoms with Crippen molar-refractivity contribution < 1.29 is 27.9 Å². The summed E-state index contributed by atoms with van der Waals surface area (Å²) in [6.07, 6.45) is -5.10. The highest BCUT2D eigenvalue weighted by atomic mass is 19.4. The van der Waals surface area contributed by atoms with E-state index in [1.165, 1.54) is 20.2 Å². The minimum atomic E-state index is -5.10. The van der Waals surface area contributed by atoms with Gasteiger partial charge in [-0.25, -0.2) is 0 Å². The lowest BCUT2D eigenvalue weighted by Gasteiger charge is -2.19. The van der Waals surface area contributed by atoms with E-state index in [-0.39, 0.29) is 16.6 Å². The minimum absolute atomic E-state index is 0.0677. The molecule has 10 heteroatoms. The quantitative estimate of drug-likeness (QED) is 0.683. The first kappa shape index (κ1) is 20.9. The lowest BCUT2D eigenvalue weighted by Crippen LogP contribution is -2.34. The predicted octanol–water partition coefficient (Wildman–Crippen LogP) is 3.02. The van der Waals surface area contributed by atoms with Crippen LogP contribution in [-0.2, 0) is 11.8 Å². The molecule has 0 aliphatic carbocycles. The molecule has 30 heavy (non-hydrogen) atoms. The van der Waals surface area contributed by atoms with Crippen molar-refractivity contribution in [2.75, 3.05) is 17.3 Å². The summed E-state index contributed by atoms with van der Waals surface area (Å²) in [4.78, 5) is 38.0. The normalized spacial score (nSPS) is 11.4. The van der Waals surface area contributed by atoms with Crippen LogP contribution in [0.2, 0.25) is 0 Å². The zero-order chi connectivity index (χ0) is 22.2. The van der Waals surface area contributed by atoms with Gasteiger partial charge in [0.2, 0.25) is 0 Å². The Morgan fingerprint density at radius 2 is 1.73 bits per heavy atom. The van der Waals surface area contributed by atoms with E-state index in [1.807, 2.05) is 0 Å². The second-order valence-corrected chi connectivity index (χ2v) is 6.47. The van der Waals surface area contributed by atoms with Gasteiger partial charge >= 0.3 is 12.1 Å². The van der Waals surface area contributed by atoms with E-state index in [1.54, 1.807) is 35.6 Å². The van der Waals surface area contributed by atoms with Gasteiger partial charge in [-0.1, -0.05) is 18.2 Å². The Hall–Kier alpha value is -3.82. The van der Waals surface area contributed by atoms with Crippen molar-refractivity contribution in [3.05, 3.63) is 64.4 Å². The van der Waals surface area contributed by atoms with Crippen LogP contribution < -0.4 is 15.8 Å². The third kappa shape index (κ3) is 3.71. The Kier molecular flexibility index (Phi) is 5.26. The highest BCUT2D eigenvalue weighted by molar-refractivity contribution is 6.10. The predicted molar refractivity (Wildman–Crippen MR) is 105 cm³/mol. The number of anilines is 2. The number of fused-ring (bicyclic) bond motifs is 1. The van der Waals surface area contributed by atoms with Gasteiger partial charge in [0.05, 0.1) is 5.52 Å². The monoisotopic (exact) mass is 419 g/mol. The zero-order valence-corrected chi connectivity index (χ0v) is 15.8. The van der Waals surface area contributed by atoms with Crippen molar-refractivity contribution in [3.63, 3.8) is 0 Å². The molecule has 0 unspecified atom stereocenters. The number of alkyl halides is 3. The molecule has 2 N–H and O–H groups in total. The van der Waals surface area contributed by atoms with Gasteiger partial charge in [0, 0.05) is 30.9 Å². The topological polar surface area (TPSA) is 91.6 Å². The molecular weight excluding hydrogens is 403 g/mol. The molecule has 3 aromatic rings. The number of pyridine rings is 1. The van der Waals surface area contributed by atoms with Gasteiger partial charge in [-0.15, -0.1) is 0 Å². The molecule has 0 fully saturated rings. The Morgan fingerprint density at radius 1 is 1.10 bits per heavy atom. The Bertz CT molecular complexity index is 1200. The highest BCUT2D eigenvalue weighted by Gasteiger charge is 2.38. The second kappa shape index (κ2) is 7.54. The molecule has 2 amide bonds. The van der Waals surface area contributed by atoms with Gasteiger partial charge in [0.1, 0.15) is 11.3 Å². The Balaban J connectivity index is 2.12. The van der Waals surface area contributed by atoms with Crippen LogP contribution in [0.25, 0.3) is 10.9 Å². The molecule has 0 aliphatic rings. The number of hydrogen-bond donors (Lipinski definition) is 2. The lowest BCUT2D eigenvalue weighted by molar-refractivity contribution is -0.167. The van der Waals surface area contributed by atoms with Gasteiger partial charge in [-0.3, -0.25) is 14.4 Å². The van der Waals surface area contributed by atoms with Crippen LogP contribution in [0, 0.1) is 0 Å². The van der Waals surface area contributed by atoms with Crippen LogP contribution >= 0.6 is 0 Å². The molecule has 0 saturated carbocycles. The minimum Gasteiger partial charge on any atom is -0.506 e. The maximum atomic E-state index is 12.9. The number of aryl methyl sites for hydroxylation is 1. The van der Waals surface area contributed by atoms with Crippen molar-refractivity contribution in [1.82, 2.24) is 4.57 Å². The van der Waals surface area contributed by atoms with Crippen LogP contribution in [0.15, 0.2) is 53.3 Å². The SMILES string of the molecule is CN(C(=O)c1c(O)c2cc(NC(=O)C(F)(F)F)ccc2n(C)c1=O)c1ccccc1. The van der Waals surface area contributed by atoms with Crippen LogP contribution in [0.3, 0.4) is 0 Å². The summed E-state index contributed by atoms with van der Waals surface area (Å²) in [5.41, 5.74) is -0.944. The summed E-state index contributed by atoms with van der Waals surface area (Å²) >= 11 is 0. The fourth-order valence-electron chi connectivity index (χ4n) is 2.94. The standard InChI is InChI=1S/C20H16F3N3O4/c1-25(12-6-4-3-5-7-12)17(28)15-16(27)13-10-11(24-19(30)20(21,22)23)8-9-14(13)26(2)18(15)29/h3-10,27H,1-2H3,(H,24,30). The third-order valence-electron chi connectivity index (χ3n) is 4.55. The van der Waals surface area contributed by atoms with Crippen molar-refractivity contribution in [3.8, 4) is 5.75 Å². The van der Waals surface area contributed by atoms with Crippen LogP contribution in [0.4, 0.5) is 24.5 Å². The average Bonchev–Trinajstić information content (AvgIpc) is 2.71. The molecule has 1 heterocycles. The Labute approximate surface area is 168 Å². The van der Waals surface area contributed by atoms with Crippen molar-refractivity contribution in [2.24, 2.45) is 7.05 Å². The number of nitrogens with one attached hydrogen (secondary N) is 1. The van der Waals surface area contributed by atoms with Gasteiger partial charge in [-0.05, 0) is 30.3 Å². The zero-order valence-electron chi connectivity index (χ0n) is 15.8. The van der Waals surface area contributed by atoms with E-state index in [4.69, 9.17) is 0 Å². The number of aromatic hydroxyl groups is 1. The molecule has 3 rings (SSSR count). The molecule has 2 aromatic carbocycles. The number of nitrogens with zero attached hydrogens (tertiary/aromatic N) is 2. The van der Waals surface area contributed by atoms with Crippen molar-refractivity contribution in [2.45, 2.75) is 6.18 Å². The maximum Gasteiger partial charge on any atom is 0.471 e. The number of rotatable bonds is 3. The summed E-state index contributed by atoms with van der Waals surface area (Å²) in [5, 5.41) is 12.3. The highest BCUT2D eigenvalue weighted by Crippen LogP contribution is 2.30. The first-order valence-corrected chi connectivity index (χ1v) is 8.59. The molecular formula is C20H16F3N3O4. The molecule has 0 aliphatic heterocycles. The van der Waals surface area contributed by atoms with Crippen LogP contribution in [0.5, 0.6) is 5.75 Å². The number of hydrogen-bond acceptors (Lipinski definition) is 4. The first-order valence-electron chi connectivity index (χ1n) is 8.59. The second-order valence-electron chi connectivity index (χ2n) is 6.47. The van der Waals surface area contributed by atoms with Crippen molar-refractivity contribution in [1.29, 1.82) is 0 Å². The fraction of sp³-hybridized carbons (Fsp3) is 0.150. The fourth-order valence-corrected chi connectivity index (χ4v) is 2.94. The smallest absolute Gasteiger partial charge is 0.471 e. The summed E-state index contributed by atoms with van der Waals surface area (Å²) in [5.74, 6) is -3.68. The molecule has 7 nitrogen and oxygen atoms in total. The van der Waals surface area contributed by atoms with E-state index >= 15 is 0 Å². The van der Waals surface area contributed by atoms with Gasteiger partial charge in [0.15, 0.2) is 0 Å². The van der Waals surface area contributed by atoms with Gasteiger partial charge in [0.25, 0.3) is 11.5 Å². The number of benzene rings is 2. The maximum absolute atomic E-state index is 12.9. The number of carbonyl (C=O) groups is 2. The van der Waals surface area contributed by atoms with E-state index in [2.05, 4.69) is 0 Å².